The van der Waals surface area contributed by atoms with Gasteiger partial charge in [0, 0.05) is 5.69 Å². The minimum Gasteiger partial charge on any atom is -0.321 e. The number of anilines is 1. The highest BCUT2D eigenvalue weighted by Gasteiger charge is 2.19. The molecule has 0 radical (unpaired) electrons. The van der Waals surface area contributed by atoms with Crippen LogP contribution in [0.3, 0.4) is 0 Å². The molecule has 1 amide bonds. The molecule has 130 valence electrons. The first kappa shape index (κ1) is 17.2. The van der Waals surface area contributed by atoms with E-state index in [1.807, 2.05) is 19.0 Å². The lowest BCUT2D eigenvalue weighted by molar-refractivity contribution is 0.103. The lowest BCUT2D eigenvalue weighted by Crippen LogP contribution is -2.18. The van der Waals surface area contributed by atoms with Crippen molar-refractivity contribution < 1.29 is 9.18 Å². The van der Waals surface area contributed by atoms with Crippen LogP contribution in [0.15, 0.2) is 29.1 Å². The van der Waals surface area contributed by atoms with Crippen molar-refractivity contribution in [2.75, 3.05) is 19.4 Å². The number of amides is 1. The second-order valence-electron chi connectivity index (χ2n) is 5.95. The van der Waals surface area contributed by atoms with Gasteiger partial charge in [-0.3, -0.25) is 9.59 Å². The van der Waals surface area contributed by atoms with Crippen LogP contribution in [0, 0.1) is 12.7 Å². The summed E-state index contributed by atoms with van der Waals surface area (Å²) >= 11 is 1.17. The first-order chi connectivity index (χ1) is 11.8. The van der Waals surface area contributed by atoms with Crippen molar-refractivity contribution in [3.63, 3.8) is 0 Å². The van der Waals surface area contributed by atoms with Gasteiger partial charge in [0.1, 0.15) is 16.5 Å². The van der Waals surface area contributed by atoms with E-state index in [4.69, 9.17) is 0 Å². The van der Waals surface area contributed by atoms with Crippen molar-refractivity contribution in [2.45, 2.75) is 13.5 Å². The van der Waals surface area contributed by atoms with E-state index in [0.29, 0.717) is 38.7 Å². The summed E-state index contributed by atoms with van der Waals surface area (Å²) in [5.74, 6) is -0.171. The van der Waals surface area contributed by atoms with Crippen molar-refractivity contribution in [1.82, 2.24) is 14.9 Å². The van der Waals surface area contributed by atoms with E-state index in [0.717, 1.165) is 0 Å². The molecule has 6 nitrogen and oxygen atoms in total. The Hall–Kier alpha value is -2.58. The lowest BCUT2D eigenvalue weighted by Gasteiger charge is -2.07. The van der Waals surface area contributed by atoms with Crippen molar-refractivity contribution in [3.8, 4) is 0 Å². The summed E-state index contributed by atoms with van der Waals surface area (Å²) in [4.78, 5) is 34.9. The second-order valence-corrected chi connectivity index (χ2v) is 6.95. The number of aromatic nitrogens is 2. The first-order valence-corrected chi connectivity index (χ1v) is 8.40. The van der Waals surface area contributed by atoms with Gasteiger partial charge in [-0.2, -0.15) is 0 Å². The molecule has 1 aromatic carbocycles. The molecule has 0 atom stereocenters. The van der Waals surface area contributed by atoms with E-state index in [9.17, 15) is 14.0 Å². The molecule has 2 N–H and O–H groups in total. The highest BCUT2D eigenvalue weighted by Crippen LogP contribution is 2.27. The zero-order chi connectivity index (χ0) is 18.1. The largest absolute Gasteiger partial charge is 0.321 e. The average Bonchev–Trinajstić information content (AvgIpc) is 2.86. The molecule has 3 rings (SSSR count). The first-order valence-electron chi connectivity index (χ1n) is 7.59. The molecule has 0 bridgehead atoms. The predicted octanol–water partition coefficient (Wildman–Crippen LogP) is 2.75. The number of aromatic amines is 1. The Morgan fingerprint density at radius 1 is 1.32 bits per heavy atom. The smallest absolute Gasteiger partial charge is 0.266 e. The van der Waals surface area contributed by atoms with Crippen molar-refractivity contribution in [2.24, 2.45) is 0 Å². The number of rotatable bonds is 4. The Balaban J connectivity index is 1.97. The zero-order valence-corrected chi connectivity index (χ0v) is 14.8. The number of nitrogens with one attached hydrogen (secondary N) is 2. The van der Waals surface area contributed by atoms with Crippen LogP contribution in [0.25, 0.3) is 10.2 Å². The molecule has 8 heteroatoms. The van der Waals surface area contributed by atoms with E-state index in [1.54, 1.807) is 6.92 Å². The summed E-state index contributed by atoms with van der Waals surface area (Å²) in [6.07, 6.45) is 0. The number of carbonyl (C=O) groups is 1. The van der Waals surface area contributed by atoms with Crippen LogP contribution in [0.1, 0.15) is 21.1 Å². The van der Waals surface area contributed by atoms with E-state index >= 15 is 0 Å². The van der Waals surface area contributed by atoms with Crippen LogP contribution in [0.2, 0.25) is 0 Å². The highest BCUT2D eigenvalue weighted by molar-refractivity contribution is 7.20. The number of thiophene rings is 1. The number of fused-ring (bicyclic) bond motifs is 1. The molecule has 0 aliphatic rings. The summed E-state index contributed by atoms with van der Waals surface area (Å²) in [6, 6.07) is 5.51. The number of aryl methyl sites for hydroxylation is 1. The van der Waals surface area contributed by atoms with Gasteiger partial charge in [0.2, 0.25) is 0 Å². The Morgan fingerprint density at radius 3 is 2.64 bits per heavy atom. The van der Waals surface area contributed by atoms with E-state index < -0.39 is 0 Å². The van der Waals surface area contributed by atoms with Crippen LogP contribution >= 0.6 is 11.3 Å². The standard InChI is InChI=1S/C17H17FN4O2S/c1-9-13-15(23)20-12(8-22(2)3)21-17(13)25-14(9)16(24)19-11-6-4-10(18)5-7-11/h4-7H,8H2,1-3H3,(H,19,24)(H,20,21,23). The molecule has 2 aromatic heterocycles. The maximum absolute atomic E-state index is 13.0. The molecule has 25 heavy (non-hydrogen) atoms. The maximum atomic E-state index is 13.0. The predicted molar refractivity (Wildman–Crippen MR) is 96.7 cm³/mol. The van der Waals surface area contributed by atoms with Crippen LogP contribution in [0.5, 0.6) is 0 Å². The average molecular weight is 360 g/mol. The topological polar surface area (TPSA) is 78.1 Å². The van der Waals surface area contributed by atoms with Crippen molar-refractivity contribution >= 4 is 33.1 Å². The van der Waals surface area contributed by atoms with Gasteiger partial charge in [-0.25, -0.2) is 9.37 Å². The van der Waals surface area contributed by atoms with Gasteiger partial charge in [0.25, 0.3) is 11.5 Å². The quantitative estimate of drug-likeness (QED) is 0.750. The Bertz CT molecular complexity index is 992. The molecule has 0 saturated carbocycles. The lowest BCUT2D eigenvalue weighted by atomic mass is 10.2. The van der Waals surface area contributed by atoms with E-state index in [2.05, 4.69) is 15.3 Å². The Morgan fingerprint density at radius 2 is 2.00 bits per heavy atom. The van der Waals surface area contributed by atoms with Crippen LogP contribution in [-0.4, -0.2) is 34.9 Å². The molecular formula is C17H17FN4O2S. The van der Waals surface area contributed by atoms with Gasteiger partial charge in [0.05, 0.1) is 16.8 Å². The SMILES string of the molecule is Cc1c(C(=O)Nc2ccc(F)cc2)sc2nc(CN(C)C)[nH]c(=O)c12. The van der Waals surface area contributed by atoms with Gasteiger partial charge in [0.15, 0.2) is 0 Å². The third-order valence-corrected chi connectivity index (χ3v) is 4.81. The third kappa shape index (κ3) is 3.59. The number of H-pyrrole nitrogens is 1. The molecule has 0 fully saturated rings. The van der Waals surface area contributed by atoms with E-state index in [1.165, 1.54) is 35.6 Å². The summed E-state index contributed by atoms with van der Waals surface area (Å²) in [5.41, 5.74) is 0.819. The van der Waals surface area contributed by atoms with E-state index in [-0.39, 0.29) is 17.3 Å². The summed E-state index contributed by atoms with van der Waals surface area (Å²) in [5, 5.41) is 3.14. The van der Waals surface area contributed by atoms with Gasteiger partial charge < -0.3 is 15.2 Å². The number of halogens is 1. The van der Waals surface area contributed by atoms with Crippen LogP contribution in [0.4, 0.5) is 10.1 Å². The number of hydrogen-bond donors (Lipinski definition) is 2. The molecule has 0 saturated heterocycles. The molecule has 0 aliphatic carbocycles. The minimum atomic E-state index is -0.375. The fourth-order valence-electron chi connectivity index (χ4n) is 2.50. The zero-order valence-electron chi connectivity index (χ0n) is 14.0. The van der Waals surface area contributed by atoms with Gasteiger partial charge in [-0.05, 0) is 50.8 Å². The second kappa shape index (κ2) is 6.73. The number of nitrogens with zero attached hydrogens (tertiary/aromatic N) is 2. The molecule has 3 aromatic rings. The number of hydrogen-bond acceptors (Lipinski definition) is 5. The number of carbonyl (C=O) groups excluding carboxylic acids is 1. The van der Waals surface area contributed by atoms with Gasteiger partial charge in [-0.1, -0.05) is 0 Å². The molecule has 0 unspecified atom stereocenters. The Kier molecular flexibility index (Phi) is 4.65. The minimum absolute atomic E-state index is 0.253. The molecule has 0 spiro atoms. The van der Waals surface area contributed by atoms with Crippen LogP contribution in [-0.2, 0) is 6.54 Å². The maximum Gasteiger partial charge on any atom is 0.266 e. The summed E-state index contributed by atoms with van der Waals surface area (Å²) in [7, 11) is 3.76. The molecular weight excluding hydrogens is 343 g/mol. The summed E-state index contributed by atoms with van der Waals surface area (Å²) < 4.78 is 13.0. The van der Waals surface area contributed by atoms with Crippen LogP contribution < -0.4 is 10.9 Å². The van der Waals surface area contributed by atoms with Gasteiger partial charge in [-0.15, -0.1) is 11.3 Å². The van der Waals surface area contributed by atoms with Crippen molar-refractivity contribution in [3.05, 3.63) is 56.7 Å². The van der Waals surface area contributed by atoms with Crippen molar-refractivity contribution in [1.29, 1.82) is 0 Å². The van der Waals surface area contributed by atoms with Gasteiger partial charge >= 0.3 is 0 Å². The highest BCUT2D eigenvalue weighted by atomic mass is 32.1. The molecule has 2 heterocycles. The number of benzene rings is 1. The fourth-order valence-corrected chi connectivity index (χ4v) is 3.60. The third-order valence-electron chi connectivity index (χ3n) is 3.62. The molecule has 0 aliphatic heterocycles. The Labute approximate surface area is 147 Å². The fraction of sp³-hybridized carbons (Fsp3) is 0.235. The normalized spacial score (nSPS) is 11.2. The monoisotopic (exact) mass is 360 g/mol. The summed E-state index contributed by atoms with van der Waals surface area (Å²) in [6.45, 7) is 2.22.